The number of hydrogen-bond donors (Lipinski definition) is 3. The predicted molar refractivity (Wildman–Crippen MR) is 106 cm³/mol. The van der Waals surface area contributed by atoms with Gasteiger partial charge in [0.1, 0.15) is 29.2 Å². The van der Waals surface area contributed by atoms with Gasteiger partial charge in [0.15, 0.2) is 11.7 Å². The van der Waals surface area contributed by atoms with Crippen LogP contribution >= 0.6 is 0 Å². The van der Waals surface area contributed by atoms with Gasteiger partial charge in [0.05, 0.1) is 0 Å². The number of nitrogens with two attached hydrogens (primary N) is 1. The number of nitrogens with one attached hydrogen (secondary N) is 2. The quantitative estimate of drug-likeness (QED) is 0.392. The predicted octanol–water partition coefficient (Wildman–Crippen LogP) is 2.83. The number of piperidine rings is 1. The molecule has 9 nitrogen and oxygen atoms in total. The van der Waals surface area contributed by atoms with Crippen LogP contribution in [0.5, 0.6) is 5.75 Å². The molecule has 1 aliphatic heterocycles. The number of nitriles is 1. The Balaban J connectivity index is 2.03. The maximum atomic E-state index is 14.2. The number of hydrogen-bond acceptors (Lipinski definition) is 7. The maximum Gasteiger partial charge on any atom is 0.410 e. The minimum atomic E-state index is -0.627. The Kier molecular flexibility index (Phi) is 6.98. The third-order valence-corrected chi connectivity index (χ3v) is 4.00. The van der Waals surface area contributed by atoms with E-state index in [0.717, 1.165) is 0 Å². The molecule has 1 amide bonds. The number of rotatable bonds is 5. The lowest BCUT2D eigenvalue weighted by Crippen LogP contribution is -2.44. The van der Waals surface area contributed by atoms with Gasteiger partial charge in [-0.1, -0.05) is 6.07 Å². The van der Waals surface area contributed by atoms with E-state index in [1.165, 1.54) is 12.1 Å². The molecule has 1 heterocycles. The molecule has 2 rings (SSSR count). The number of ether oxygens (including phenoxy) is 2. The Morgan fingerprint density at radius 2 is 2.07 bits per heavy atom. The van der Waals surface area contributed by atoms with Gasteiger partial charge >= 0.3 is 6.09 Å². The first-order valence-corrected chi connectivity index (χ1v) is 9.12. The van der Waals surface area contributed by atoms with Gasteiger partial charge in [-0.25, -0.2) is 9.18 Å². The number of carbonyl (C=O) groups is 1. The number of nitrogens with zero attached hydrogens (tertiary/aromatic N) is 3. The largest absolute Gasteiger partial charge is 0.488 e. The van der Waals surface area contributed by atoms with Crippen molar-refractivity contribution < 1.29 is 18.7 Å². The Morgan fingerprint density at radius 3 is 2.62 bits per heavy atom. The van der Waals surface area contributed by atoms with Crippen LogP contribution in [0.15, 0.2) is 23.3 Å². The topological polar surface area (TPSA) is 137 Å². The summed E-state index contributed by atoms with van der Waals surface area (Å²) in [5.41, 5.74) is 6.66. The van der Waals surface area contributed by atoms with Crippen LogP contribution in [0.3, 0.4) is 0 Å². The summed E-state index contributed by atoms with van der Waals surface area (Å²) in [6.07, 6.45) is 0.500. The Labute approximate surface area is 168 Å². The van der Waals surface area contributed by atoms with Crippen molar-refractivity contribution in [2.24, 2.45) is 10.8 Å². The summed E-state index contributed by atoms with van der Waals surface area (Å²) in [6, 6.07) is 5.93. The first kappa shape index (κ1) is 21.9. The van der Waals surface area contributed by atoms with Crippen LogP contribution in [0.2, 0.25) is 0 Å². The third kappa shape index (κ3) is 6.34. The second kappa shape index (κ2) is 9.23. The summed E-state index contributed by atoms with van der Waals surface area (Å²) in [6.45, 7) is 6.35. The van der Waals surface area contributed by atoms with E-state index in [1.54, 1.807) is 17.0 Å². The van der Waals surface area contributed by atoms with E-state index >= 15 is 0 Å². The van der Waals surface area contributed by atoms with Gasteiger partial charge in [-0.05, 0) is 32.9 Å². The fraction of sp³-hybridized carbons (Fsp3) is 0.474. The lowest BCUT2D eigenvalue weighted by Gasteiger charge is -2.33. The van der Waals surface area contributed by atoms with Crippen molar-refractivity contribution >= 4 is 23.3 Å². The van der Waals surface area contributed by atoms with Crippen LogP contribution in [0.1, 0.15) is 33.6 Å². The Morgan fingerprint density at radius 1 is 1.41 bits per heavy atom. The van der Waals surface area contributed by atoms with Crippen molar-refractivity contribution in [1.29, 1.82) is 10.7 Å². The highest BCUT2D eigenvalue weighted by Gasteiger charge is 2.28. The smallest absolute Gasteiger partial charge is 0.410 e. The molecule has 29 heavy (non-hydrogen) atoms. The number of halogens is 1. The van der Waals surface area contributed by atoms with Crippen LogP contribution in [0, 0.1) is 22.6 Å². The van der Waals surface area contributed by atoms with Crippen molar-refractivity contribution in [3.63, 3.8) is 0 Å². The SMILES string of the molecule is CC(C)(C)OC(=O)N1CCC(Oc2cccc(F)c2N/N=C(\C#N)C(=N)N)CC1. The molecule has 0 atom stereocenters. The van der Waals surface area contributed by atoms with Crippen molar-refractivity contribution in [2.45, 2.75) is 45.3 Å². The molecular weight excluding hydrogens is 379 g/mol. The molecule has 0 spiro atoms. The van der Waals surface area contributed by atoms with E-state index in [1.807, 2.05) is 20.8 Å². The number of hydrazone groups is 1. The summed E-state index contributed by atoms with van der Waals surface area (Å²) in [7, 11) is 0. The molecular formula is C19H25FN6O3. The van der Waals surface area contributed by atoms with Crippen molar-refractivity contribution in [3.8, 4) is 11.8 Å². The second-order valence-corrected chi connectivity index (χ2v) is 7.50. The lowest BCUT2D eigenvalue weighted by molar-refractivity contribution is 0.0127. The third-order valence-electron chi connectivity index (χ3n) is 4.00. The van der Waals surface area contributed by atoms with Crippen molar-refractivity contribution in [2.75, 3.05) is 18.5 Å². The zero-order chi connectivity index (χ0) is 21.6. The normalized spacial score (nSPS) is 15.4. The molecule has 0 unspecified atom stereocenters. The van der Waals surface area contributed by atoms with Gasteiger partial charge in [-0.15, -0.1) is 0 Å². The fourth-order valence-electron chi connectivity index (χ4n) is 2.63. The number of amidine groups is 1. The van der Waals surface area contributed by atoms with Crippen molar-refractivity contribution in [3.05, 3.63) is 24.0 Å². The van der Waals surface area contributed by atoms with Crippen LogP contribution < -0.4 is 15.9 Å². The summed E-state index contributed by atoms with van der Waals surface area (Å²) >= 11 is 0. The molecule has 1 fully saturated rings. The van der Waals surface area contributed by atoms with E-state index in [4.69, 9.17) is 25.9 Å². The maximum absolute atomic E-state index is 14.2. The molecule has 0 aliphatic carbocycles. The van der Waals surface area contributed by atoms with Crippen LogP contribution in [-0.2, 0) is 4.74 Å². The van der Waals surface area contributed by atoms with Gasteiger partial charge in [-0.3, -0.25) is 10.8 Å². The molecule has 1 saturated heterocycles. The van der Waals surface area contributed by atoms with Gasteiger partial charge in [-0.2, -0.15) is 10.4 Å². The van der Waals surface area contributed by atoms with Gasteiger partial charge < -0.3 is 20.1 Å². The number of benzene rings is 1. The number of para-hydroxylation sites is 1. The number of anilines is 1. The number of amides is 1. The van der Waals surface area contributed by atoms with E-state index in [9.17, 15) is 9.18 Å². The van der Waals surface area contributed by atoms with Crippen molar-refractivity contribution in [1.82, 2.24) is 4.90 Å². The molecule has 1 aromatic carbocycles. The minimum absolute atomic E-state index is 0.0592. The van der Waals surface area contributed by atoms with E-state index in [0.29, 0.717) is 25.9 Å². The molecule has 0 saturated carbocycles. The average molecular weight is 404 g/mol. The lowest BCUT2D eigenvalue weighted by atomic mass is 10.1. The van der Waals surface area contributed by atoms with Gasteiger partial charge in [0.25, 0.3) is 0 Å². The molecule has 156 valence electrons. The molecule has 0 radical (unpaired) electrons. The first-order valence-electron chi connectivity index (χ1n) is 9.12. The average Bonchev–Trinajstić information content (AvgIpc) is 2.63. The molecule has 0 bridgehead atoms. The molecule has 1 aliphatic rings. The number of carbonyl (C=O) groups excluding carboxylic acids is 1. The fourth-order valence-corrected chi connectivity index (χ4v) is 2.63. The monoisotopic (exact) mass is 404 g/mol. The summed E-state index contributed by atoms with van der Waals surface area (Å²) in [5.74, 6) is -0.947. The van der Waals surface area contributed by atoms with Crippen LogP contribution in [0.25, 0.3) is 0 Å². The molecule has 10 heteroatoms. The Bertz CT molecular complexity index is 835. The highest BCUT2D eigenvalue weighted by Crippen LogP contribution is 2.30. The zero-order valence-corrected chi connectivity index (χ0v) is 16.7. The van der Waals surface area contributed by atoms with E-state index < -0.39 is 17.3 Å². The first-order chi connectivity index (χ1) is 13.6. The second-order valence-electron chi connectivity index (χ2n) is 7.50. The number of likely N-dealkylation sites (tertiary alicyclic amines) is 1. The van der Waals surface area contributed by atoms with Crippen LogP contribution in [0.4, 0.5) is 14.9 Å². The summed E-state index contributed by atoms with van der Waals surface area (Å²) < 4.78 is 25.5. The van der Waals surface area contributed by atoms with Gasteiger partial charge in [0, 0.05) is 25.9 Å². The molecule has 0 aromatic heterocycles. The standard InChI is InChI=1S/C19H25FN6O3/c1-19(2,3)29-18(27)26-9-7-12(8-10-26)28-15-6-4-5-13(20)16(15)25-24-14(11-21)17(22)23/h4-6,12,25H,7-10H2,1-3H3,(H3,22,23)/b24-14+. The summed E-state index contributed by atoms with van der Waals surface area (Å²) in [5, 5.41) is 19.8. The molecule has 1 aromatic rings. The zero-order valence-electron chi connectivity index (χ0n) is 16.7. The summed E-state index contributed by atoms with van der Waals surface area (Å²) in [4.78, 5) is 13.8. The molecule has 4 N–H and O–H groups in total. The van der Waals surface area contributed by atoms with Crippen LogP contribution in [-0.4, -0.2) is 47.3 Å². The van der Waals surface area contributed by atoms with E-state index in [-0.39, 0.29) is 29.3 Å². The minimum Gasteiger partial charge on any atom is -0.488 e. The Hall–Kier alpha value is -3.35. The van der Waals surface area contributed by atoms with Gasteiger partial charge in [0.2, 0.25) is 5.71 Å². The highest BCUT2D eigenvalue weighted by atomic mass is 19.1. The highest BCUT2D eigenvalue weighted by molar-refractivity contribution is 6.45. The van der Waals surface area contributed by atoms with E-state index in [2.05, 4.69) is 10.5 Å².